The van der Waals surface area contributed by atoms with Crippen molar-refractivity contribution in [3.8, 4) is 0 Å². The summed E-state index contributed by atoms with van der Waals surface area (Å²) in [4.78, 5) is 24.2. The first-order valence-electron chi connectivity index (χ1n) is 7.74. The zero-order valence-corrected chi connectivity index (χ0v) is 13.8. The lowest BCUT2D eigenvalue weighted by molar-refractivity contribution is -0.159. The highest BCUT2D eigenvalue weighted by molar-refractivity contribution is 5.86. The number of esters is 1. The van der Waals surface area contributed by atoms with E-state index in [1.165, 1.54) is 11.9 Å². The number of rotatable bonds is 6. The molecule has 2 aromatic carbocycles. The highest BCUT2D eigenvalue weighted by Gasteiger charge is 2.27. The normalized spacial score (nSPS) is 11.9. The molecule has 124 valence electrons. The highest BCUT2D eigenvalue weighted by atomic mass is 16.5. The molecule has 5 nitrogen and oxygen atoms in total. The number of likely N-dealkylation sites (N-methyl/N-ethyl adjacent to an activating group) is 1. The third-order valence-corrected chi connectivity index (χ3v) is 3.31. The van der Waals surface area contributed by atoms with Crippen LogP contribution in [0.3, 0.4) is 0 Å². The van der Waals surface area contributed by atoms with Gasteiger partial charge in [0.15, 0.2) is 0 Å². The summed E-state index contributed by atoms with van der Waals surface area (Å²) in [5, 5.41) is 5.53. The summed E-state index contributed by atoms with van der Waals surface area (Å²) in [6.45, 7) is 3.47. The Labute approximate surface area is 141 Å². The average Bonchev–Trinajstić information content (AvgIpc) is 2.61. The minimum atomic E-state index is -1.00. The number of carbonyl (C=O) groups is 2. The van der Waals surface area contributed by atoms with Gasteiger partial charge in [0, 0.05) is 19.0 Å². The quantitative estimate of drug-likeness (QED) is 0.466. The van der Waals surface area contributed by atoms with E-state index >= 15 is 0 Å². The van der Waals surface area contributed by atoms with Crippen LogP contribution in [-0.2, 0) is 14.3 Å². The number of hydrogen-bond acceptors (Lipinski definition) is 4. The Morgan fingerprint density at radius 3 is 2.21 bits per heavy atom. The molecule has 0 bridgehead atoms. The van der Waals surface area contributed by atoms with Crippen molar-refractivity contribution in [1.29, 1.82) is 0 Å². The number of amides is 1. The summed E-state index contributed by atoms with van der Waals surface area (Å²) < 4.78 is 5.23. The molecule has 1 atom stereocenters. The summed E-state index contributed by atoms with van der Waals surface area (Å²) in [5.74, 6) is -0.897. The Kier molecular flexibility index (Phi) is 6.25. The molecule has 0 heterocycles. The molecule has 1 unspecified atom stereocenters. The summed E-state index contributed by atoms with van der Waals surface area (Å²) in [6.07, 6.45) is 0.605. The maximum atomic E-state index is 12.8. The van der Waals surface area contributed by atoms with Crippen LogP contribution in [0.15, 0.2) is 65.8 Å². The lowest BCUT2D eigenvalue weighted by Gasteiger charge is -2.22. The lowest BCUT2D eigenvalue weighted by Crippen LogP contribution is -2.33. The predicted octanol–water partition coefficient (Wildman–Crippen LogP) is 3.17. The minimum absolute atomic E-state index is 0.368. The summed E-state index contributed by atoms with van der Waals surface area (Å²) in [6, 6.07) is 18.4. The molecule has 0 aliphatic heterocycles. The number of benzene rings is 2. The molecule has 0 radical (unpaired) electrons. The molecule has 0 saturated heterocycles. The van der Waals surface area contributed by atoms with Crippen molar-refractivity contribution < 1.29 is 14.3 Å². The van der Waals surface area contributed by atoms with Crippen LogP contribution in [0.4, 0.5) is 0 Å². The monoisotopic (exact) mass is 324 g/mol. The standard InChI is InChI=1S/C19H20N2O3/c1-3-21(20-14-16-10-6-4-7-11-16)19(23)18(24-15(2)22)17-12-8-5-9-13-17/h4-14,18H,3H2,1-2H3. The van der Waals surface area contributed by atoms with Crippen LogP contribution >= 0.6 is 0 Å². The first-order valence-corrected chi connectivity index (χ1v) is 7.74. The Morgan fingerprint density at radius 1 is 1.08 bits per heavy atom. The fourth-order valence-electron chi connectivity index (χ4n) is 2.16. The molecule has 0 saturated carbocycles. The van der Waals surface area contributed by atoms with Crippen molar-refractivity contribution >= 4 is 18.1 Å². The molecular weight excluding hydrogens is 304 g/mol. The van der Waals surface area contributed by atoms with Gasteiger partial charge >= 0.3 is 5.97 Å². The molecular formula is C19H20N2O3. The van der Waals surface area contributed by atoms with Crippen molar-refractivity contribution in [2.45, 2.75) is 20.0 Å². The maximum Gasteiger partial charge on any atom is 0.303 e. The summed E-state index contributed by atoms with van der Waals surface area (Å²) >= 11 is 0. The van der Waals surface area contributed by atoms with Gasteiger partial charge in [0.2, 0.25) is 6.10 Å². The van der Waals surface area contributed by atoms with Gasteiger partial charge in [-0.1, -0.05) is 60.7 Å². The molecule has 5 heteroatoms. The molecule has 0 N–H and O–H groups in total. The second-order valence-corrected chi connectivity index (χ2v) is 5.11. The first kappa shape index (κ1) is 17.4. The third kappa shape index (κ3) is 4.78. The summed E-state index contributed by atoms with van der Waals surface area (Å²) in [5.41, 5.74) is 1.50. The number of hydrogen-bond donors (Lipinski definition) is 0. The molecule has 2 aromatic rings. The number of hydrazone groups is 1. The second kappa shape index (κ2) is 8.62. The van der Waals surface area contributed by atoms with Gasteiger partial charge in [-0.3, -0.25) is 9.59 Å². The second-order valence-electron chi connectivity index (χ2n) is 5.11. The lowest BCUT2D eigenvalue weighted by atomic mass is 10.1. The van der Waals surface area contributed by atoms with Crippen LogP contribution in [0.25, 0.3) is 0 Å². The molecule has 24 heavy (non-hydrogen) atoms. The van der Waals surface area contributed by atoms with Crippen LogP contribution in [0, 0.1) is 0 Å². The maximum absolute atomic E-state index is 12.8. The Hall–Kier alpha value is -2.95. The van der Waals surface area contributed by atoms with Crippen molar-refractivity contribution in [3.05, 3.63) is 71.8 Å². The van der Waals surface area contributed by atoms with Crippen LogP contribution in [-0.4, -0.2) is 29.6 Å². The van der Waals surface area contributed by atoms with Crippen LogP contribution in [0.2, 0.25) is 0 Å². The minimum Gasteiger partial charge on any atom is -0.447 e. The predicted molar refractivity (Wildman–Crippen MR) is 92.4 cm³/mol. The number of ether oxygens (including phenoxy) is 1. The third-order valence-electron chi connectivity index (χ3n) is 3.31. The topological polar surface area (TPSA) is 59.0 Å². The Bertz CT molecular complexity index is 699. The van der Waals surface area contributed by atoms with Crippen molar-refractivity contribution in [3.63, 3.8) is 0 Å². The van der Waals surface area contributed by atoms with E-state index in [1.54, 1.807) is 30.5 Å². The van der Waals surface area contributed by atoms with E-state index in [4.69, 9.17) is 4.74 Å². The van der Waals surface area contributed by atoms with Gasteiger partial charge in [-0.2, -0.15) is 5.10 Å². The van der Waals surface area contributed by atoms with Gasteiger partial charge in [0.1, 0.15) is 0 Å². The van der Waals surface area contributed by atoms with Gasteiger partial charge in [-0.25, -0.2) is 5.01 Å². The number of nitrogens with zero attached hydrogens (tertiary/aromatic N) is 2. The van der Waals surface area contributed by atoms with Crippen molar-refractivity contribution in [2.75, 3.05) is 6.54 Å². The van der Waals surface area contributed by atoms with Crippen molar-refractivity contribution in [1.82, 2.24) is 5.01 Å². The number of carbonyl (C=O) groups excluding carboxylic acids is 2. The van der Waals surface area contributed by atoms with Crippen LogP contribution in [0.1, 0.15) is 31.1 Å². The van der Waals surface area contributed by atoms with Crippen LogP contribution in [0.5, 0.6) is 0 Å². The van der Waals surface area contributed by atoms with E-state index in [2.05, 4.69) is 5.10 Å². The largest absolute Gasteiger partial charge is 0.447 e. The molecule has 1 amide bonds. The zero-order valence-electron chi connectivity index (χ0n) is 13.8. The van der Waals surface area contributed by atoms with E-state index in [0.29, 0.717) is 12.1 Å². The van der Waals surface area contributed by atoms with E-state index in [1.807, 2.05) is 43.3 Å². The van der Waals surface area contributed by atoms with Gasteiger partial charge in [0.05, 0.1) is 6.21 Å². The van der Waals surface area contributed by atoms with Gasteiger partial charge in [-0.15, -0.1) is 0 Å². The smallest absolute Gasteiger partial charge is 0.303 e. The molecule has 2 rings (SSSR count). The molecule has 0 fully saturated rings. The van der Waals surface area contributed by atoms with E-state index in [0.717, 1.165) is 5.56 Å². The Morgan fingerprint density at radius 2 is 1.67 bits per heavy atom. The molecule has 0 spiro atoms. The fraction of sp³-hybridized carbons (Fsp3) is 0.211. The van der Waals surface area contributed by atoms with E-state index in [9.17, 15) is 9.59 Å². The highest BCUT2D eigenvalue weighted by Crippen LogP contribution is 2.20. The van der Waals surface area contributed by atoms with E-state index < -0.39 is 12.1 Å². The zero-order chi connectivity index (χ0) is 17.4. The van der Waals surface area contributed by atoms with Crippen LogP contribution < -0.4 is 0 Å². The van der Waals surface area contributed by atoms with Gasteiger partial charge in [-0.05, 0) is 12.5 Å². The van der Waals surface area contributed by atoms with E-state index in [-0.39, 0.29) is 5.91 Å². The molecule has 0 aliphatic rings. The van der Waals surface area contributed by atoms with Gasteiger partial charge in [0.25, 0.3) is 5.91 Å². The molecule has 0 aromatic heterocycles. The Balaban J connectivity index is 2.22. The first-order chi connectivity index (χ1) is 11.6. The fourth-order valence-corrected chi connectivity index (χ4v) is 2.16. The average molecular weight is 324 g/mol. The summed E-state index contributed by atoms with van der Waals surface area (Å²) in [7, 11) is 0. The van der Waals surface area contributed by atoms with Crippen molar-refractivity contribution in [2.24, 2.45) is 5.10 Å². The molecule has 0 aliphatic carbocycles. The SMILES string of the molecule is CCN(N=Cc1ccccc1)C(=O)C(OC(C)=O)c1ccccc1. The van der Waals surface area contributed by atoms with Gasteiger partial charge < -0.3 is 4.74 Å².